The number of benzene rings is 1. The maximum absolute atomic E-state index is 11.3. The minimum atomic E-state index is -0.443. The number of carbonyl (C=O) groups excluding carboxylic acids is 1. The van der Waals surface area contributed by atoms with Crippen molar-refractivity contribution in [1.82, 2.24) is 5.32 Å². The van der Waals surface area contributed by atoms with Crippen molar-refractivity contribution in [2.45, 2.75) is 32.2 Å². The van der Waals surface area contributed by atoms with Crippen LogP contribution in [0.4, 0.5) is 0 Å². The molecule has 1 atom stereocenters. The van der Waals surface area contributed by atoms with Crippen molar-refractivity contribution in [2.24, 2.45) is 5.73 Å². The summed E-state index contributed by atoms with van der Waals surface area (Å²) < 4.78 is 5.76. The smallest absolute Gasteiger partial charge is 0.252 e. The highest BCUT2D eigenvalue weighted by molar-refractivity contribution is 5.95. The van der Waals surface area contributed by atoms with Crippen molar-refractivity contribution in [3.8, 4) is 5.75 Å². The molecular weight excluding hydrogens is 228 g/mol. The quantitative estimate of drug-likeness (QED) is 0.851. The zero-order valence-corrected chi connectivity index (χ0v) is 10.7. The molecule has 18 heavy (non-hydrogen) atoms. The van der Waals surface area contributed by atoms with Crippen LogP contribution in [0.15, 0.2) is 18.2 Å². The topological polar surface area (TPSA) is 64.4 Å². The minimum Gasteiger partial charge on any atom is -0.491 e. The van der Waals surface area contributed by atoms with E-state index in [1.54, 1.807) is 6.07 Å². The predicted octanol–water partition coefficient (Wildman–Crippen LogP) is 1.61. The van der Waals surface area contributed by atoms with Crippen LogP contribution in [-0.4, -0.2) is 25.1 Å². The Bertz CT molecular complexity index is 426. The lowest BCUT2D eigenvalue weighted by Gasteiger charge is -2.24. The van der Waals surface area contributed by atoms with E-state index in [1.807, 2.05) is 19.1 Å². The molecule has 4 nitrogen and oxygen atoms in total. The molecule has 1 fully saturated rings. The van der Waals surface area contributed by atoms with Crippen molar-refractivity contribution in [1.29, 1.82) is 0 Å². The van der Waals surface area contributed by atoms with E-state index < -0.39 is 5.91 Å². The number of hydrogen-bond acceptors (Lipinski definition) is 3. The van der Waals surface area contributed by atoms with Crippen LogP contribution in [0.25, 0.3) is 0 Å². The van der Waals surface area contributed by atoms with Gasteiger partial charge in [0.1, 0.15) is 12.4 Å². The Labute approximate surface area is 108 Å². The monoisotopic (exact) mass is 248 g/mol. The summed E-state index contributed by atoms with van der Waals surface area (Å²) in [6, 6.07) is 5.83. The number of nitrogens with one attached hydrogen (secondary N) is 1. The minimum absolute atomic E-state index is 0.375. The van der Waals surface area contributed by atoms with E-state index in [1.165, 1.54) is 12.8 Å². The molecule has 1 aromatic rings. The van der Waals surface area contributed by atoms with E-state index in [2.05, 4.69) is 5.32 Å². The average molecular weight is 248 g/mol. The highest BCUT2D eigenvalue weighted by Gasteiger charge is 2.15. The van der Waals surface area contributed by atoms with Crippen LogP contribution in [0.3, 0.4) is 0 Å². The second-order valence-corrected chi connectivity index (χ2v) is 4.82. The number of carbonyl (C=O) groups is 1. The fourth-order valence-corrected chi connectivity index (χ4v) is 2.21. The molecule has 0 radical (unpaired) electrons. The van der Waals surface area contributed by atoms with Crippen molar-refractivity contribution in [3.63, 3.8) is 0 Å². The van der Waals surface area contributed by atoms with Crippen molar-refractivity contribution >= 4 is 5.91 Å². The average Bonchev–Trinajstić information content (AvgIpc) is 2.37. The van der Waals surface area contributed by atoms with Crippen LogP contribution in [0.1, 0.15) is 35.2 Å². The molecule has 1 saturated heterocycles. The second-order valence-electron chi connectivity index (χ2n) is 4.82. The molecule has 1 aliphatic heterocycles. The number of nitrogens with two attached hydrogens (primary N) is 1. The zero-order chi connectivity index (χ0) is 13.0. The lowest BCUT2D eigenvalue weighted by molar-refractivity contribution is 0.0995. The van der Waals surface area contributed by atoms with Gasteiger partial charge in [0.2, 0.25) is 0 Å². The van der Waals surface area contributed by atoms with Gasteiger partial charge in [-0.15, -0.1) is 0 Å². The Morgan fingerprint density at radius 2 is 2.33 bits per heavy atom. The summed E-state index contributed by atoms with van der Waals surface area (Å²) >= 11 is 0. The molecule has 0 spiro atoms. The van der Waals surface area contributed by atoms with E-state index in [9.17, 15) is 4.79 Å². The van der Waals surface area contributed by atoms with Gasteiger partial charge >= 0.3 is 0 Å². The number of amides is 1. The normalized spacial score (nSPS) is 19.5. The van der Waals surface area contributed by atoms with Gasteiger partial charge < -0.3 is 15.8 Å². The van der Waals surface area contributed by atoms with Crippen LogP contribution in [0.5, 0.6) is 5.75 Å². The molecule has 0 bridgehead atoms. The lowest BCUT2D eigenvalue weighted by atomic mass is 10.1. The first-order valence-corrected chi connectivity index (χ1v) is 6.43. The maximum atomic E-state index is 11.3. The van der Waals surface area contributed by atoms with E-state index in [0.717, 1.165) is 18.5 Å². The first-order valence-electron chi connectivity index (χ1n) is 6.43. The van der Waals surface area contributed by atoms with Gasteiger partial charge in [0.15, 0.2) is 0 Å². The molecule has 0 aromatic heterocycles. The Hall–Kier alpha value is -1.55. The Balaban J connectivity index is 2.03. The molecule has 0 saturated carbocycles. The molecule has 0 aliphatic carbocycles. The first kappa shape index (κ1) is 12.9. The van der Waals surface area contributed by atoms with E-state index >= 15 is 0 Å². The molecule has 2 rings (SSSR count). The fourth-order valence-electron chi connectivity index (χ4n) is 2.21. The van der Waals surface area contributed by atoms with Gasteiger partial charge in [0, 0.05) is 6.04 Å². The van der Waals surface area contributed by atoms with Gasteiger partial charge in [-0.05, 0) is 44.0 Å². The first-order chi connectivity index (χ1) is 8.66. The Morgan fingerprint density at radius 1 is 1.50 bits per heavy atom. The Morgan fingerprint density at radius 3 is 3.00 bits per heavy atom. The molecule has 3 N–H and O–H groups in total. The Kier molecular flexibility index (Phi) is 4.20. The number of hydrogen-bond donors (Lipinski definition) is 2. The molecule has 1 amide bonds. The molecule has 1 aromatic carbocycles. The third-order valence-corrected chi connectivity index (χ3v) is 3.25. The SMILES string of the molecule is Cc1ccc(C(N)=O)c(OCC2CCCCN2)c1. The second kappa shape index (κ2) is 5.87. The number of primary amides is 1. The molecule has 1 heterocycles. The molecule has 1 aliphatic rings. The van der Waals surface area contributed by atoms with Crippen LogP contribution in [0, 0.1) is 6.92 Å². The van der Waals surface area contributed by atoms with Gasteiger partial charge in [-0.25, -0.2) is 0 Å². The van der Waals surface area contributed by atoms with Gasteiger partial charge in [-0.3, -0.25) is 4.79 Å². The standard InChI is InChI=1S/C14H20N2O2/c1-10-5-6-12(14(15)17)13(8-10)18-9-11-4-2-3-7-16-11/h5-6,8,11,16H,2-4,7,9H2,1H3,(H2,15,17). The number of rotatable bonds is 4. The van der Waals surface area contributed by atoms with Gasteiger partial charge in [0.05, 0.1) is 5.56 Å². The summed E-state index contributed by atoms with van der Waals surface area (Å²) in [5.74, 6) is 0.150. The van der Waals surface area contributed by atoms with Gasteiger partial charge in [-0.2, -0.15) is 0 Å². The number of piperidine rings is 1. The summed E-state index contributed by atoms with van der Waals surface area (Å²) in [5, 5.41) is 3.41. The highest BCUT2D eigenvalue weighted by Crippen LogP contribution is 2.20. The summed E-state index contributed by atoms with van der Waals surface area (Å²) in [5.41, 5.74) is 6.86. The third kappa shape index (κ3) is 3.23. The van der Waals surface area contributed by atoms with Crippen LogP contribution < -0.4 is 15.8 Å². The summed E-state index contributed by atoms with van der Waals surface area (Å²) in [6.45, 7) is 3.60. The predicted molar refractivity (Wildman–Crippen MR) is 70.8 cm³/mol. The van der Waals surface area contributed by atoms with E-state index in [4.69, 9.17) is 10.5 Å². The molecule has 1 unspecified atom stereocenters. The van der Waals surface area contributed by atoms with Gasteiger partial charge in [0.25, 0.3) is 5.91 Å². The van der Waals surface area contributed by atoms with Crippen LogP contribution >= 0.6 is 0 Å². The van der Waals surface area contributed by atoms with Crippen LogP contribution in [-0.2, 0) is 0 Å². The van der Waals surface area contributed by atoms with Gasteiger partial charge in [-0.1, -0.05) is 12.5 Å². The van der Waals surface area contributed by atoms with Crippen molar-refractivity contribution < 1.29 is 9.53 Å². The summed E-state index contributed by atoms with van der Waals surface area (Å²) in [4.78, 5) is 11.3. The highest BCUT2D eigenvalue weighted by atomic mass is 16.5. The van der Waals surface area contributed by atoms with Crippen LogP contribution in [0.2, 0.25) is 0 Å². The maximum Gasteiger partial charge on any atom is 0.252 e. The van der Waals surface area contributed by atoms with E-state index in [-0.39, 0.29) is 0 Å². The number of aryl methyl sites for hydroxylation is 1. The molecule has 98 valence electrons. The van der Waals surface area contributed by atoms with Crippen molar-refractivity contribution in [3.05, 3.63) is 29.3 Å². The molecule has 4 heteroatoms. The largest absolute Gasteiger partial charge is 0.491 e. The summed E-state index contributed by atoms with van der Waals surface area (Å²) in [6.07, 6.45) is 3.59. The number of ether oxygens (including phenoxy) is 1. The lowest BCUT2D eigenvalue weighted by Crippen LogP contribution is -2.38. The molecular formula is C14H20N2O2. The third-order valence-electron chi connectivity index (χ3n) is 3.25. The van der Waals surface area contributed by atoms with Crippen molar-refractivity contribution in [2.75, 3.05) is 13.2 Å². The summed E-state index contributed by atoms with van der Waals surface area (Å²) in [7, 11) is 0. The fraction of sp³-hybridized carbons (Fsp3) is 0.500. The van der Waals surface area contributed by atoms with E-state index in [0.29, 0.717) is 24.0 Å². The zero-order valence-electron chi connectivity index (χ0n) is 10.7.